The zero-order chi connectivity index (χ0) is 11.3. The summed E-state index contributed by atoms with van der Waals surface area (Å²) in [4.78, 5) is 2.60. The molecule has 0 aromatic heterocycles. The van der Waals surface area contributed by atoms with Gasteiger partial charge in [-0.1, -0.05) is 0 Å². The van der Waals surface area contributed by atoms with Crippen LogP contribution in [0.25, 0.3) is 0 Å². The number of hydrogen-bond acceptors (Lipinski definition) is 3. The first-order chi connectivity index (χ1) is 7.79. The van der Waals surface area contributed by atoms with E-state index >= 15 is 0 Å². The van der Waals surface area contributed by atoms with Crippen molar-refractivity contribution in [2.45, 2.75) is 43.8 Å². The molecule has 3 heteroatoms. The van der Waals surface area contributed by atoms with E-state index in [0.29, 0.717) is 4.75 Å². The Kier molecular flexibility index (Phi) is 4.98. The van der Waals surface area contributed by atoms with Gasteiger partial charge in [-0.25, -0.2) is 0 Å². The van der Waals surface area contributed by atoms with Crippen molar-refractivity contribution in [1.82, 2.24) is 10.2 Å². The Morgan fingerprint density at radius 2 is 2.06 bits per heavy atom. The lowest BCUT2D eigenvalue weighted by Gasteiger charge is -2.23. The number of rotatable bonds is 6. The molecule has 0 aromatic rings. The molecule has 16 heavy (non-hydrogen) atoms. The Morgan fingerprint density at radius 3 is 2.75 bits per heavy atom. The lowest BCUT2D eigenvalue weighted by molar-refractivity contribution is 0.330. The molecule has 2 aliphatic heterocycles. The molecule has 0 aliphatic carbocycles. The maximum Gasteiger partial charge on any atom is 0.0256 e. The monoisotopic (exact) mass is 242 g/mol. The average Bonchev–Trinajstić information content (AvgIpc) is 2.89. The predicted octanol–water partition coefficient (Wildman–Crippen LogP) is 2.35. The second kappa shape index (κ2) is 6.27. The van der Waals surface area contributed by atoms with Crippen LogP contribution in [-0.2, 0) is 0 Å². The lowest BCUT2D eigenvalue weighted by Crippen LogP contribution is -2.34. The number of hydrogen-bond donors (Lipinski definition) is 1. The molecule has 1 N–H and O–H groups in total. The van der Waals surface area contributed by atoms with E-state index in [0.717, 1.165) is 0 Å². The molecule has 0 aromatic carbocycles. The average molecular weight is 242 g/mol. The van der Waals surface area contributed by atoms with Gasteiger partial charge in [0.1, 0.15) is 0 Å². The van der Waals surface area contributed by atoms with Gasteiger partial charge in [0.25, 0.3) is 0 Å². The summed E-state index contributed by atoms with van der Waals surface area (Å²) in [5.41, 5.74) is 0. The maximum absolute atomic E-state index is 3.64. The molecule has 94 valence electrons. The maximum atomic E-state index is 3.64. The van der Waals surface area contributed by atoms with Gasteiger partial charge in [0.05, 0.1) is 0 Å². The van der Waals surface area contributed by atoms with Crippen molar-refractivity contribution in [3.8, 4) is 0 Å². The Bertz CT molecular complexity index is 196. The fourth-order valence-electron chi connectivity index (χ4n) is 2.76. The van der Waals surface area contributed by atoms with Gasteiger partial charge in [-0.2, -0.15) is 11.8 Å². The van der Waals surface area contributed by atoms with Crippen LogP contribution in [0.2, 0.25) is 0 Å². The van der Waals surface area contributed by atoms with Crippen molar-refractivity contribution >= 4 is 11.8 Å². The van der Waals surface area contributed by atoms with Crippen molar-refractivity contribution in [3.05, 3.63) is 0 Å². The van der Waals surface area contributed by atoms with Crippen LogP contribution in [0, 0.1) is 0 Å². The minimum Gasteiger partial charge on any atom is -0.315 e. The summed E-state index contributed by atoms with van der Waals surface area (Å²) < 4.78 is 0.535. The van der Waals surface area contributed by atoms with Crippen LogP contribution >= 0.6 is 11.8 Å². The molecular formula is C13H26N2S. The predicted molar refractivity (Wildman–Crippen MR) is 73.3 cm³/mol. The molecule has 2 fully saturated rings. The summed E-state index contributed by atoms with van der Waals surface area (Å²) in [5.74, 6) is 1.37. The van der Waals surface area contributed by atoms with E-state index in [1.165, 1.54) is 70.6 Å². The molecule has 2 rings (SSSR count). The summed E-state index contributed by atoms with van der Waals surface area (Å²) in [7, 11) is 0. The first kappa shape index (κ1) is 12.7. The smallest absolute Gasteiger partial charge is 0.0256 e. The van der Waals surface area contributed by atoms with Crippen LogP contribution in [0.5, 0.6) is 0 Å². The second-order valence-electron chi connectivity index (χ2n) is 5.48. The minimum atomic E-state index is 0.535. The van der Waals surface area contributed by atoms with E-state index in [1.54, 1.807) is 0 Å². The standard InChI is InChI=1S/C13H26N2S/c1-13(6-4-11-16-13)12-14-7-5-10-15-8-2-3-9-15/h14H,2-12H2,1H3. The second-order valence-corrected chi connectivity index (χ2v) is 7.16. The van der Waals surface area contributed by atoms with Gasteiger partial charge in [0, 0.05) is 11.3 Å². The van der Waals surface area contributed by atoms with Gasteiger partial charge in [-0.05, 0) is 71.0 Å². The number of nitrogens with one attached hydrogen (secondary N) is 1. The quantitative estimate of drug-likeness (QED) is 0.720. The topological polar surface area (TPSA) is 15.3 Å². The van der Waals surface area contributed by atoms with Crippen molar-refractivity contribution in [2.24, 2.45) is 0 Å². The van der Waals surface area contributed by atoms with E-state index in [-0.39, 0.29) is 0 Å². The normalized spacial score (nSPS) is 31.3. The summed E-state index contributed by atoms with van der Waals surface area (Å²) in [6, 6.07) is 0. The first-order valence-electron chi connectivity index (χ1n) is 6.86. The Balaban J connectivity index is 1.48. The van der Waals surface area contributed by atoms with Crippen LogP contribution in [0.3, 0.4) is 0 Å². The summed E-state index contributed by atoms with van der Waals surface area (Å²) in [5, 5.41) is 3.64. The molecule has 0 radical (unpaired) electrons. The van der Waals surface area contributed by atoms with Crippen molar-refractivity contribution in [1.29, 1.82) is 0 Å². The number of likely N-dealkylation sites (tertiary alicyclic amines) is 1. The van der Waals surface area contributed by atoms with E-state index in [9.17, 15) is 0 Å². The molecule has 0 amide bonds. The van der Waals surface area contributed by atoms with E-state index in [2.05, 4.69) is 28.9 Å². The third-order valence-corrected chi connectivity index (χ3v) is 5.36. The summed E-state index contributed by atoms with van der Waals surface area (Å²) >= 11 is 2.16. The van der Waals surface area contributed by atoms with Crippen LogP contribution in [0.4, 0.5) is 0 Å². The Labute approximate surface area is 105 Å². The fraction of sp³-hybridized carbons (Fsp3) is 1.00. The fourth-order valence-corrected chi connectivity index (χ4v) is 4.04. The van der Waals surface area contributed by atoms with Gasteiger partial charge in [-0.3, -0.25) is 0 Å². The molecule has 2 saturated heterocycles. The van der Waals surface area contributed by atoms with Gasteiger partial charge in [0.2, 0.25) is 0 Å². The highest BCUT2D eigenvalue weighted by Crippen LogP contribution is 2.36. The van der Waals surface area contributed by atoms with Crippen LogP contribution in [-0.4, -0.2) is 48.1 Å². The molecule has 2 nitrogen and oxygen atoms in total. The van der Waals surface area contributed by atoms with Gasteiger partial charge in [-0.15, -0.1) is 0 Å². The SMILES string of the molecule is CC1(CNCCCN2CCCC2)CCCS1. The molecule has 2 aliphatic rings. The molecule has 1 atom stereocenters. The van der Waals surface area contributed by atoms with Crippen molar-refractivity contribution in [3.63, 3.8) is 0 Å². The largest absolute Gasteiger partial charge is 0.315 e. The highest BCUT2D eigenvalue weighted by atomic mass is 32.2. The molecule has 2 heterocycles. The van der Waals surface area contributed by atoms with Crippen LogP contribution < -0.4 is 5.32 Å². The lowest BCUT2D eigenvalue weighted by atomic mass is 10.1. The highest BCUT2D eigenvalue weighted by molar-refractivity contribution is 8.00. The third-order valence-electron chi connectivity index (χ3n) is 3.83. The Hall–Kier alpha value is 0.270. The third kappa shape index (κ3) is 3.94. The van der Waals surface area contributed by atoms with Crippen LogP contribution in [0.15, 0.2) is 0 Å². The van der Waals surface area contributed by atoms with Gasteiger partial charge < -0.3 is 10.2 Å². The molecule has 0 bridgehead atoms. The zero-order valence-electron chi connectivity index (χ0n) is 10.6. The van der Waals surface area contributed by atoms with Gasteiger partial charge >= 0.3 is 0 Å². The highest BCUT2D eigenvalue weighted by Gasteiger charge is 2.28. The number of thioether (sulfide) groups is 1. The van der Waals surface area contributed by atoms with Crippen LogP contribution in [0.1, 0.15) is 39.0 Å². The van der Waals surface area contributed by atoms with E-state index in [1.807, 2.05) is 0 Å². The number of nitrogens with zero attached hydrogens (tertiary/aromatic N) is 1. The molecular weight excluding hydrogens is 216 g/mol. The molecule has 1 unspecified atom stereocenters. The molecule has 0 saturated carbocycles. The molecule has 0 spiro atoms. The van der Waals surface area contributed by atoms with Crippen molar-refractivity contribution in [2.75, 3.05) is 38.5 Å². The summed E-state index contributed by atoms with van der Waals surface area (Å²) in [6.07, 6.45) is 6.97. The minimum absolute atomic E-state index is 0.535. The van der Waals surface area contributed by atoms with E-state index in [4.69, 9.17) is 0 Å². The first-order valence-corrected chi connectivity index (χ1v) is 7.84. The summed E-state index contributed by atoms with van der Waals surface area (Å²) in [6.45, 7) is 8.81. The van der Waals surface area contributed by atoms with Gasteiger partial charge in [0.15, 0.2) is 0 Å². The zero-order valence-corrected chi connectivity index (χ0v) is 11.5. The van der Waals surface area contributed by atoms with Crippen molar-refractivity contribution < 1.29 is 0 Å². The van der Waals surface area contributed by atoms with E-state index < -0.39 is 0 Å². The Morgan fingerprint density at radius 1 is 1.25 bits per heavy atom.